The molecule has 0 spiro atoms. The molecule has 6 heteroatoms. The van der Waals surface area contributed by atoms with Gasteiger partial charge in [-0.25, -0.2) is 0 Å². The highest BCUT2D eigenvalue weighted by atomic mass is 16.1. The van der Waals surface area contributed by atoms with E-state index in [1.54, 1.807) is 36.4 Å². The van der Waals surface area contributed by atoms with Crippen molar-refractivity contribution in [3.05, 3.63) is 59.2 Å². The van der Waals surface area contributed by atoms with E-state index in [0.29, 0.717) is 16.9 Å². The second kappa shape index (κ2) is 7.57. The lowest BCUT2D eigenvalue weighted by molar-refractivity contribution is 0.102. The summed E-state index contributed by atoms with van der Waals surface area (Å²) in [5.41, 5.74) is 5.83. The maximum Gasteiger partial charge on any atom is 0.257 e. The van der Waals surface area contributed by atoms with Gasteiger partial charge in [0.15, 0.2) is 0 Å². The van der Waals surface area contributed by atoms with Gasteiger partial charge in [-0.1, -0.05) is 18.2 Å². The number of anilines is 2. The predicted octanol–water partition coefficient (Wildman–Crippen LogP) is 3.37. The number of carbonyl (C=O) groups excluding carboxylic acids is 1. The zero-order chi connectivity index (χ0) is 17.5. The molecule has 24 heavy (non-hydrogen) atoms. The van der Waals surface area contributed by atoms with Gasteiger partial charge in [0.2, 0.25) is 5.71 Å². The summed E-state index contributed by atoms with van der Waals surface area (Å²) in [4.78, 5) is 12.5. The van der Waals surface area contributed by atoms with Crippen molar-refractivity contribution in [3.8, 4) is 12.1 Å². The van der Waals surface area contributed by atoms with E-state index in [-0.39, 0.29) is 11.6 Å². The van der Waals surface area contributed by atoms with Gasteiger partial charge in [0.1, 0.15) is 12.1 Å². The Kier molecular flexibility index (Phi) is 5.28. The van der Waals surface area contributed by atoms with Gasteiger partial charge in [-0.15, -0.1) is 0 Å². The van der Waals surface area contributed by atoms with Gasteiger partial charge in [0, 0.05) is 5.69 Å². The van der Waals surface area contributed by atoms with Crippen LogP contribution in [0.3, 0.4) is 0 Å². The normalized spacial score (nSPS) is 9.33. The molecule has 1 amide bonds. The lowest BCUT2D eigenvalue weighted by Gasteiger charge is -2.10. The maximum absolute atomic E-state index is 12.5. The molecule has 0 fully saturated rings. The number of para-hydroxylation sites is 1. The Labute approximate surface area is 140 Å². The molecule has 0 saturated heterocycles. The minimum Gasteiger partial charge on any atom is -0.322 e. The molecule has 0 aliphatic heterocycles. The van der Waals surface area contributed by atoms with Gasteiger partial charge >= 0.3 is 0 Å². The number of rotatable bonds is 4. The number of hydrazone groups is 1. The van der Waals surface area contributed by atoms with Crippen molar-refractivity contribution in [2.24, 2.45) is 5.10 Å². The Hall–Kier alpha value is -3.64. The summed E-state index contributed by atoms with van der Waals surface area (Å²) in [6.07, 6.45) is 0. The van der Waals surface area contributed by atoms with Crippen molar-refractivity contribution < 1.29 is 4.79 Å². The number of benzene rings is 2. The summed E-state index contributed by atoms with van der Waals surface area (Å²) in [6, 6.07) is 15.8. The molecular formula is C18H15N5O. The monoisotopic (exact) mass is 317 g/mol. The van der Waals surface area contributed by atoms with Gasteiger partial charge in [-0.3, -0.25) is 10.2 Å². The largest absolute Gasteiger partial charge is 0.322 e. The smallest absolute Gasteiger partial charge is 0.257 e. The number of aryl methyl sites for hydroxylation is 2. The van der Waals surface area contributed by atoms with Gasteiger partial charge in [-0.05, 0) is 49.2 Å². The fourth-order valence-electron chi connectivity index (χ4n) is 2.22. The van der Waals surface area contributed by atoms with Crippen LogP contribution in [0.15, 0.2) is 47.6 Å². The highest BCUT2D eigenvalue weighted by Crippen LogP contribution is 2.19. The molecule has 118 valence electrons. The van der Waals surface area contributed by atoms with Crippen LogP contribution in [-0.4, -0.2) is 11.6 Å². The average molecular weight is 317 g/mol. The summed E-state index contributed by atoms with van der Waals surface area (Å²) in [5.74, 6) is -0.311. The lowest BCUT2D eigenvalue weighted by atomic mass is 10.1. The van der Waals surface area contributed by atoms with Crippen LogP contribution in [0, 0.1) is 36.5 Å². The molecular weight excluding hydrogens is 302 g/mol. The van der Waals surface area contributed by atoms with Crippen molar-refractivity contribution in [2.75, 3.05) is 10.7 Å². The highest BCUT2D eigenvalue weighted by Gasteiger charge is 2.11. The minimum absolute atomic E-state index is 0.311. The fourth-order valence-corrected chi connectivity index (χ4v) is 2.22. The van der Waals surface area contributed by atoms with Gasteiger partial charge in [0.25, 0.3) is 5.91 Å². The molecule has 2 aromatic carbocycles. The first-order chi connectivity index (χ1) is 11.5. The van der Waals surface area contributed by atoms with Crippen LogP contribution in [0.2, 0.25) is 0 Å². The number of hydrogen-bond acceptors (Lipinski definition) is 5. The molecule has 6 nitrogen and oxygen atoms in total. The van der Waals surface area contributed by atoms with E-state index in [4.69, 9.17) is 10.5 Å². The first-order valence-electron chi connectivity index (χ1n) is 7.16. The number of hydrogen-bond donors (Lipinski definition) is 2. The predicted molar refractivity (Wildman–Crippen MR) is 92.6 cm³/mol. The van der Waals surface area contributed by atoms with E-state index in [0.717, 1.165) is 11.1 Å². The topological polar surface area (TPSA) is 101 Å². The number of nitrogens with one attached hydrogen (secondary N) is 2. The zero-order valence-electron chi connectivity index (χ0n) is 13.3. The van der Waals surface area contributed by atoms with E-state index in [2.05, 4.69) is 15.8 Å². The molecule has 2 N–H and O–H groups in total. The Morgan fingerprint density at radius 3 is 2.29 bits per heavy atom. The molecule has 0 aromatic heterocycles. The zero-order valence-corrected chi connectivity index (χ0v) is 13.3. The molecule has 0 heterocycles. The van der Waals surface area contributed by atoms with Gasteiger partial charge in [0.05, 0.1) is 11.3 Å². The van der Waals surface area contributed by atoms with E-state index in [1.165, 1.54) is 0 Å². The van der Waals surface area contributed by atoms with Crippen LogP contribution < -0.4 is 10.7 Å². The standard InChI is InChI=1S/C18H15N5O/c1-12-7-13(2)9-14(8-12)21-18(24)16-5-3-4-6-17(16)23-22-15(10-19)11-20/h3-9,23H,1-2H3,(H,21,24). The summed E-state index contributed by atoms with van der Waals surface area (Å²) < 4.78 is 0. The Bertz CT molecular complexity index is 851. The third-order valence-electron chi connectivity index (χ3n) is 3.15. The molecule has 0 aliphatic rings. The molecule has 0 bridgehead atoms. The van der Waals surface area contributed by atoms with Crippen molar-refractivity contribution >= 4 is 23.0 Å². The fraction of sp³-hybridized carbons (Fsp3) is 0.111. The van der Waals surface area contributed by atoms with Crippen molar-refractivity contribution in [2.45, 2.75) is 13.8 Å². The van der Waals surface area contributed by atoms with Crippen molar-refractivity contribution in [1.82, 2.24) is 0 Å². The van der Waals surface area contributed by atoms with Crippen LogP contribution in [0.1, 0.15) is 21.5 Å². The average Bonchev–Trinajstić information content (AvgIpc) is 2.55. The van der Waals surface area contributed by atoms with Crippen LogP contribution >= 0.6 is 0 Å². The Balaban J connectivity index is 2.26. The summed E-state index contributed by atoms with van der Waals surface area (Å²) >= 11 is 0. The van der Waals surface area contributed by atoms with Crippen LogP contribution in [0.5, 0.6) is 0 Å². The molecule has 0 atom stereocenters. The Morgan fingerprint density at radius 2 is 1.67 bits per heavy atom. The number of carbonyl (C=O) groups is 1. The minimum atomic E-state index is -0.320. The second-order valence-electron chi connectivity index (χ2n) is 5.17. The molecule has 0 aliphatic carbocycles. The van der Waals surface area contributed by atoms with E-state index < -0.39 is 0 Å². The molecule has 2 aromatic rings. The third kappa shape index (κ3) is 4.19. The molecule has 0 unspecified atom stereocenters. The van der Waals surface area contributed by atoms with Crippen LogP contribution in [-0.2, 0) is 0 Å². The quantitative estimate of drug-likeness (QED) is 0.666. The maximum atomic E-state index is 12.5. The summed E-state index contributed by atoms with van der Waals surface area (Å²) in [7, 11) is 0. The Morgan fingerprint density at radius 1 is 1.04 bits per heavy atom. The first kappa shape index (κ1) is 16.7. The highest BCUT2D eigenvalue weighted by molar-refractivity contribution is 6.11. The van der Waals surface area contributed by atoms with Crippen LogP contribution in [0.25, 0.3) is 0 Å². The summed E-state index contributed by atoms with van der Waals surface area (Å²) in [6.45, 7) is 3.91. The number of nitrogens with zero attached hydrogens (tertiary/aromatic N) is 3. The molecule has 2 rings (SSSR count). The van der Waals surface area contributed by atoms with Gasteiger partial charge < -0.3 is 5.32 Å². The van der Waals surface area contributed by atoms with Crippen LogP contribution in [0.4, 0.5) is 11.4 Å². The third-order valence-corrected chi connectivity index (χ3v) is 3.15. The van der Waals surface area contributed by atoms with E-state index in [1.807, 2.05) is 32.0 Å². The van der Waals surface area contributed by atoms with E-state index >= 15 is 0 Å². The first-order valence-corrected chi connectivity index (χ1v) is 7.16. The molecule has 0 radical (unpaired) electrons. The lowest BCUT2D eigenvalue weighted by Crippen LogP contribution is -2.14. The molecule has 0 saturated carbocycles. The number of nitriles is 2. The number of amides is 1. The SMILES string of the molecule is Cc1cc(C)cc(NC(=O)c2ccccc2NN=C(C#N)C#N)c1. The van der Waals surface area contributed by atoms with Crippen molar-refractivity contribution in [1.29, 1.82) is 10.5 Å². The second-order valence-corrected chi connectivity index (χ2v) is 5.17. The van der Waals surface area contributed by atoms with E-state index in [9.17, 15) is 4.79 Å². The summed E-state index contributed by atoms with van der Waals surface area (Å²) in [5, 5.41) is 23.9. The van der Waals surface area contributed by atoms with Crippen molar-refractivity contribution in [3.63, 3.8) is 0 Å². The van der Waals surface area contributed by atoms with Gasteiger partial charge in [-0.2, -0.15) is 15.6 Å².